The van der Waals surface area contributed by atoms with Gasteiger partial charge in [-0.05, 0) is 42.8 Å². The van der Waals surface area contributed by atoms with E-state index in [1.54, 1.807) is 31.0 Å². The Morgan fingerprint density at radius 3 is 2.57 bits per heavy atom. The van der Waals surface area contributed by atoms with Gasteiger partial charge in [-0.1, -0.05) is 47.7 Å². The van der Waals surface area contributed by atoms with Crippen molar-refractivity contribution in [1.82, 2.24) is 9.97 Å². The summed E-state index contributed by atoms with van der Waals surface area (Å²) in [6.07, 6.45) is 0. The van der Waals surface area contributed by atoms with Crippen molar-refractivity contribution in [3.8, 4) is 5.75 Å². The molecule has 1 heterocycles. The van der Waals surface area contributed by atoms with Crippen LogP contribution < -0.4 is 15.4 Å². The quantitative estimate of drug-likeness (QED) is 0.345. The number of aromatic amines is 1. The second kappa shape index (κ2) is 8.92. The zero-order chi connectivity index (χ0) is 20.9. The molecule has 0 radical (unpaired) electrons. The third-order valence-electron chi connectivity index (χ3n) is 4.54. The predicted octanol–water partition coefficient (Wildman–Crippen LogP) is 5.82. The lowest BCUT2D eigenvalue weighted by atomic mass is 10.2. The second-order valence-electron chi connectivity index (χ2n) is 6.86. The van der Waals surface area contributed by atoms with E-state index in [9.17, 15) is 4.79 Å². The fraction of sp³-hybridized carbons (Fsp3) is 0.130. The number of thioether (sulfide) groups is 1. The lowest BCUT2D eigenvalue weighted by Gasteiger charge is -2.08. The van der Waals surface area contributed by atoms with E-state index in [4.69, 9.17) is 4.74 Å². The molecule has 4 rings (SSSR count). The predicted molar refractivity (Wildman–Crippen MR) is 122 cm³/mol. The third kappa shape index (κ3) is 4.93. The van der Waals surface area contributed by atoms with Crippen LogP contribution in [0.25, 0.3) is 11.0 Å². The molecule has 0 aliphatic heterocycles. The molecule has 0 saturated heterocycles. The minimum absolute atomic E-state index is 0.323. The summed E-state index contributed by atoms with van der Waals surface area (Å²) in [7, 11) is 1.59. The van der Waals surface area contributed by atoms with Gasteiger partial charge in [-0.3, -0.25) is 0 Å². The number of benzene rings is 3. The van der Waals surface area contributed by atoms with Gasteiger partial charge in [0, 0.05) is 23.2 Å². The highest BCUT2D eigenvalue weighted by Crippen LogP contribution is 2.25. The number of nitrogens with one attached hydrogen (secondary N) is 3. The van der Waals surface area contributed by atoms with E-state index >= 15 is 0 Å². The number of H-pyrrole nitrogens is 1. The van der Waals surface area contributed by atoms with Gasteiger partial charge in [0.2, 0.25) is 0 Å². The molecule has 0 unspecified atom stereocenters. The molecule has 4 aromatic rings. The van der Waals surface area contributed by atoms with E-state index in [0.29, 0.717) is 17.1 Å². The van der Waals surface area contributed by atoms with E-state index < -0.39 is 0 Å². The second-order valence-corrected chi connectivity index (χ2v) is 7.82. The fourth-order valence-electron chi connectivity index (χ4n) is 2.96. The summed E-state index contributed by atoms with van der Waals surface area (Å²) >= 11 is 1.65. The van der Waals surface area contributed by atoms with Crippen LogP contribution >= 0.6 is 11.8 Å². The molecule has 3 aromatic carbocycles. The smallest absolute Gasteiger partial charge is 0.323 e. The monoisotopic (exact) mass is 418 g/mol. The van der Waals surface area contributed by atoms with Crippen molar-refractivity contribution in [3.63, 3.8) is 0 Å². The first kappa shape index (κ1) is 19.8. The van der Waals surface area contributed by atoms with Crippen LogP contribution in [0.15, 0.2) is 71.9 Å². The van der Waals surface area contributed by atoms with E-state index in [2.05, 4.69) is 51.8 Å². The molecule has 7 heteroatoms. The standard InChI is InChI=1S/C23H22N4O2S/c1-15-6-8-16(9-7-15)14-30-23-26-20-11-10-18(13-21(20)27-23)25-22(28)24-17-4-3-5-19(12-17)29-2/h3-13H,14H2,1-2H3,(H,26,27)(H2,24,25,28). The first-order valence-corrected chi connectivity index (χ1v) is 10.5. The topological polar surface area (TPSA) is 79.0 Å². The molecule has 6 nitrogen and oxygen atoms in total. The number of methoxy groups -OCH3 is 1. The van der Waals surface area contributed by atoms with E-state index in [0.717, 1.165) is 21.9 Å². The maximum Gasteiger partial charge on any atom is 0.323 e. The maximum atomic E-state index is 12.3. The van der Waals surface area contributed by atoms with Gasteiger partial charge in [0.05, 0.1) is 18.1 Å². The number of carbonyl (C=O) groups excluding carboxylic acids is 1. The van der Waals surface area contributed by atoms with Crippen molar-refractivity contribution in [3.05, 3.63) is 77.9 Å². The average molecular weight is 419 g/mol. The fourth-order valence-corrected chi connectivity index (χ4v) is 3.80. The first-order chi connectivity index (χ1) is 14.6. The lowest BCUT2D eigenvalue weighted by Crippen LogP contribution is -2.19. The van der Waals surface area contributed by atoms with Crippen LogP contribution in [-0.4, -0.2) is 23.1 Å². The van der Waals surface area contributed by atoms with Crippen LogP contribution in [0, 0.1) is 6.92 Å². The van der Waals surface area contributed by atoms with Crippen molar-refractivity contribution in [2.45, 2.75) is 17.8 Å². The molecule has 3 N–H and O–H groups in total. The summed E-state index contributed by atoms with van der Waals surface area (Å²) in [6.45, 7) is 2.08. The van der Waals surface area contributed by atoms with Gasteiger partial charge in [-0.2, -0.15) is 0 Å². The molecule has 1 aromatic heterocycles. The lowest BCUT2D eigenvalue weighted by molar-refractivity contribution is 0.262. The Bertz CT molecular complexity index is 1170. The van der Waals surface area contributed by atoms with Crippen molar-refractivity contribution >= 4 is 40.2 Å². The number of aryl methyl sites for hydroxylation is 1. The molecular formula is C23H22N4O2S. The Kier molecular flexibility index (Phi) is 5.90. The summed E-state index contributed by atoms with van der Waals surface area (Å²) in [4.78, 5) is 20.2. The van der Waals surface area contributed by atoms with Crippen LogP contribution in [-0.2, 0) is 5.75 Å². The van der Waals surface area contributed by atoms with Gasteiger partial charge in [0.15, 0.2) is 5.16 Å². The summed E-state index contributed by atoms with van der Waals surface area (Å²) in [5.74, 6) is 1.52. The molecule has 0 aliphatic rings. The van der Waals surface area contributed by atoms with E-state index in [1.165, 1.54) is 11.1 Å². The van der Waals surface area contributed by atoms with Crippen LogP contribution in [0.5, 0.6) is 5.75 Å². The molecule has 152 valence electrons. The highest BCUT2D eigenvalue weighted by Gasteiger charge is 2.08. The number of anilines is 2. The Balaban J connectivity index is 1.40. The van der Waals surface area contributed by atoms with Gasteiger partial charge in [-0.25, -0.2) is 9.78 Å². The number of fused-ring (bicyclic) bond motifs is 1. The van der Waals surface area contributed by atoms with Crippen molar-refractivity contribution < 1.29 is 9.53 Å². The molecule has 0 aliphatic carbocycles. The number of hydrogen-bond donors (Lipinski definition) is 3. The molecular weight excluding hydrogens is 396 g/mol. The maximum absolute atomic E-state index is 12.3. The number of hydrogen-bond acceptors (Lipinski definition) is 4. The highest BCUT2D eigenvalue weighted by atomic mass is 32.2. The van der Waals surface area contributed by atoms with Gasteiger partial charge < -0.3 is 20.4 Å². The number of urea groups is 1. The molecule has 0 bridgehead atoms. The number of nitrogens with zero attached hydrogens (tertiary/aromatic N) is 1. The number of amides is 2. The van der Waals surface area contributed by atoms with Crippen molar-refractivity contribution in [2.24, 2.45) is 0 Å². The summed E-state index contributed by atoms with van der Waals surface area (Å²) < 4.78 is 5.17. The van der Waals surface area contributed by atoms with E-state index in [-0.39, 0.29) is 6.03 Å². The largest absolute Gasteiger partial charge is 0.497 e. The van der Waals surface area contributed by atoms with Gasteiger partial charge in [0.1, 0.15) is 5.75 Å². The van der Waals surface area contributed by atoms with Crippen LogP contribution in [0.2, 0.25) is 0 Å². The van der Waals surface area contributed by atoms with Crippen LogP contribution in [0.1, 0.15) is 11.1 Å². The normalized spacial score (nSPS) is 10.7. The summed E-state index contributed by atoms with van der Waals surface area (Å²) in [6, 6.07) is 21.0. The van der Waals surface area contributed by atoms with Crippen molar-refractivity contribution in [1.29, 1.82) is 0 Å². The first-order valence-electron chi connectivity index (χ1n) is 9.49. The molecule has 0 atom stereocenters. The third-order valence-corrected chi connectivity index (χ3v) is 5.49. The molecule has 0 spiro atoms. The SMILES string of the molecule is COc1cccc(NC(=O)Nc2ccc3nc(SCc4ccc(C)cc4)[nH]c3c2)c1. The highest BCUT2D eigenvalue weighted by molar-refractivity contribution is 7.98. The van der Waals surface area contributed by atoms with Crippen molar-refractivity contribution in [2.75, 3.05) is 17.7 Å². The Morgan fingerprint density at radius 1 is 1.03 bits per heavy atom. The Labute approximate surface area is 179 Å². The van der Waals surface area contributed by atoms with E-state index in [1.807, 2.05) is 30.3 Å². The minimum Gasteiger partial charge on any atom is -0.497 e. The van der Waals surface area contributed by atoms with Gasteiger partial charge >= 0.3 is 6.03 Å². The molecule has 2 amide bonds. The van der Waals surface area contributed by atoms with Crippen LogP contribution in [0.3, 0.4) is 0 Å². The zero-order valence-corrected chi connectivity index (χ0v) is 17.5. The Hall–Kier alpha value is -3.45. The number of carbonyl (C=O) groups is 1. The summed E-state index contributed by atoms with van der Waals surface area (Å²) in [5, 5.41) is 6.50. The number of rotatable bonds is 6. The number of imidazole rings is 1. The van der Waals surface area contributed by atoms with Gasteiger partial charge in [0.25, 0.3) is 0 Å². The minimum atomic E-state index is -0.323. The Morgan fingerprint density at radius 2 is 1.80 bits per heavy atom. The molecule has 30 heavy (non-hydrogen) atoms. The molecule has 0 fully saturated rings. The zero-order valence-electron chi connectivity index (χ0n) is 16.7. The number of aromatic nitrogens is 2. The number of ether oxygens (including phenoxy) is 1. The summed E-state index contributed by atoms with van der Waals surface area (Å²) in [5.41, 5.74) is 5.58. The average Bonchev–Trinajstić information content (AvgIpc) is 3.15. The van der Waals surface area contributed by atoms with Crippen LogP contribution in [0.4, 0.5) is 16.2 Å². The molecule has 0 saturated carbocycles. The van der Waals surface area contributed by atoms with Gasteiger partial charge in [-0.15, -0.1) is 0 Å².